The highest BCUT2D eigenvalue weighted by molar-refractivity contribution is 5.75. The van der Waals surface area contributed by atoms with Crippen LogP contribution < -0.4 is 5.32 Å². The molecule has 0 fully saturated rings. The number of nitriles is 1. The molecule has 4 heteroatoms. The minimum Gasteiger partial charge on any atom is -0.359 e. The van der Waals surface area contributed by atoms with Gasteiger partial charge in [0.25, 0.3) is 0 Å². The first-order chi connectivity index (χ1) is 6.60. The van der Waals surface area contributed by atoms with Crippen LogP contribution in [0.1, 0.15) is 19.8 Å². The maximum Gasteiger partial charge on any atom is 0.219 e. The zero-order chi connectivity index (χ0) is 11.0. The van der Waals surface area contributed by atoms with Crippen LogP contribution in [0.2, 0.25) is 0 Å². The average molecular weight is 197 g/mol. The summed E-state index contributed by atoms with van der Waals surface area (Å²) in [7, 11) is 3.61. The smallest absolute Gasteiger partial charge is 0.219 e. The highest BCUT2D eigenvalue weighted by Gasteiger charge is 2.05. The second-order valence-corrected chi connectivity index (χ2v) is 3.57. The molecule has 14 heavy (non-hydrogen) atoms. The van der Waals surface area contributed by atoms with Crippen LogP contribution in [-0.2, 0) is 4.79 Å². The number of nitrogens with one attached hydrogen (secondary N) is 1. The van der Waals surface area contributed by atoms with Gasteiger partial charge in [0, 0.05) is 20.0 Å². The fraction of sp³-hybridized carbons (Fsp3) is 0.800. The third-order valence-electron chi connectivity index (χ3n) is 2.03. The first-order valence-corrected chi connectivity index (χ1v) is 4.89. The van der Waals surface area contributed by atoms with E-state index in [1.165, 1.54) is 0 Å². The number of carbonyl (C=O) groups excluding carboxylic acids is 1. The van der Waals surface area contributed by atoms with Gasteiger partial charge in [0.2, 0.25) is 5.91 Å². The number of hydrogen-bond donors (Lipinski definition) is 1. The SMILES string of the molecule is CNC(=O)CCCN(C)CC(C)C#N. The molecule has 0 bridgehead atoms. The molecule has 0 rings (SSSR count). The Labute approximate surface area is 85.9 Å². The monoisotopic (exact) mass is 197 g/mol. The fourth-order valence-electron chi connectivity index (χ4n) is 1.23. The summed E-state index contributed by atoms with van der Waals surface area (Å²) in [6.45, 7) is 3.53. The van der Waals surface area contributed by atoms with Crippen LogP contribution in [0, 0.1) is 17.2 Å². The number of hydrogen-bond acceptors (Lipinski definition) is 3. The van der Waals surface area contributed by atoms with Crippen molar-refractivity contribution in [3.8, 4) is 6.07 Å². The van der Waals surface area contributed by atoms with Gasteiger partial charge in [-0.3, -0.25) is 4.79 Å². The van der Waals surface area contributed by atoms with E-state index in [4.69, 9.17) is 5.26 Å². The van der Waals surface area contributed by atoms with Crippen molar-refractivity contribution in [1.82, 2.24) is 10.2 Å². The summed E-state index contributed by atoms with van der Waals surface area (Å²) in [6.07, 6.45) is 1.40. The van der Waals surface area contributed by atoms with E-state index >= 15 is 0 Å². The molecule has 0 aromatic rings. The lowest BCUT2D eigenvalue weighted by Crippen LogP contribution is -2.26. The van der Waals surface area contributed by atoms with Crippen LogP contribution in [0.4, 0.5) is 0 Å². The molecule has 0 aromatic carbocycles. The molecule has 80 valence electrons. The minimum absolute atomic E-state index is 0.0556. The quantitative estimate of drug-likeness (QED) is 0.678. The number of amides is 1. The molecule has 1 atom stereocenters. The maximum absolute atomic E-state index is 10.9. The summed E-state index contributed by atoms with van der Waals surface area (Å²) in [6, 6.07) is 2.19. The summed E-state index contributed by atoms with van der Waals surface area (Å²) in [5, 5.41) is 11.2. The molecular formula is C10H19N3O. The number of carbonyl (C=O) groups is 1. The van der Waals surface area contributed by atoms with E-state index in [0.29, 0.717) is 6.42 Å². The Balaban J connectivity index is 3.50. The Morgan fingerprint density at radius 2 is 2.29 bits per heavy atom. The molecule has 1 amide bonds. The van der Waals surface area contributed by atoms with E-state index in [0.717, 1.165) is 19.5 Å². The van der Waals surface area contributed by atoms with E-state index in [2.05, 4.69) is 16.3 Å². The summed E-state index contributed by atoms with van der Waals surface area (Å²) < 4.78 is 0. The van der Waals surface area contributed by atoms with Crippen molar-refractivity contribution in [2.75, 3.05) is 27.2 Å². The highest BCUT2D eigenvalue weighted by Crippen LogP contribution is 1.98. The Kier molecular flexibility index (Phi) is 6.77. The van der Waals surface area contributed by atoms with Gasteiger partial charge in [0.15, 0.2) is 0 Å². The van der Waals surface area contributed by atoms with Gasteiger partial charge in [0.05, 0.1) is 12.0 Å². The van der Waals surface area contributed by atoms with Gasteiger partial charge in [-0.15, -0.1) is 0 Å². The normalized spacial score (nSPS) is 12.2. The summed E-state index contributed by atoms with van der Waals surface area (Å²) in [4.78, 5) is 13.0. The van der Waals surface area contributed by atoms with Crippen LogP contribution >= 0.6 is 0 Å². The van der Waals surface area contributed by atoms with E-state index in [-0.39, 0.29) is 11.8 Å². The van der Waals surface area contributed by atoms with Gasteiger partial charge >= 0.3 is 0 Å². The first-order valence-electron chi connectivity index (χ1n) is 4.89. The predicted molar refractivity (Wildman–Crippen MR) is 55.6 cm³/mol. The minimum atomic E-state index is 0.0556. The second kappa shape index (κ2) is 7.34. The van der Waals surface area contributed by atoms with Crippen molar-refractivity contribution in [1.29, 1.82) is 5.26 Å². The molecular weight excluding hydrogens is 178 g/mol. The molecule has 0 saturated heterocycles. The molecule has 4 nitrogen and oxygen atoms in total. The third kappa shape index (κ3) is 6.44. The van der Waals surface area contributed by atoms with Crippen molar-refractivity contribution in [3.05, 3.63) is 0 Å². The van der Waals surface area contributed by atoms with Crippen LogP contribution in [0.15, 0.2) is 0 Å². The van der Waals surface area contributed by atoms with Gasteiger partial charge in [-0.2, -0.15) is 5.26 Å². The topological polar surface area (TPSA) is 56.1 Å². The van der Waals surface area contributed by atoms with E-state index < -0.39 is 0 Å². The molecule has 0 aliphatic carbocycles. The van der Waals surface area contributed by atoms with Gasteiger partial charge in [-0.1, -0.05) is 0 Å². The lowest BCUT2D eigenvalue weighted by molar-refractivity contribution is -0.120. The van der Waals surface area contributed by atoms with E-state index in [9.17, 15) is 4.79 Å². The van der Waals surface area contributed by atoms with Crippen molar-refractivity contribution in [3.63, 3.8) is 0 Å². The standard InChI is InChI=1S/C10H19N3O/c1-9(7-11)8-13(3)6-4-5-10(14)12-2/h9H,4-6,8H2,1-3H3,(H,12,14). The molecule has 0 aliphatic rings. The number of rotatable bonds is 6. The van der Waals surface area contributed by atoms with Crippen LogP contribution in [0.3, 0.4) is 0 Å². The van der Waals surface area contributed by atoms with Crippen molar-refractivity contribution >= 4 is 5.91 Å². The lowest BCUT2D eigenvalue weighted by Gasteiger charge is -2.17. The summed E-state index contributed by atoms with van der Waals surface area (Å²) in [5.41, 5.74) is 0. The fourth-order valence-corrected chi connectivity index (χ4v) is 1.23. The molecule has 0 aromatic heterocycles. The van der Waals surface area contributed by atoms with Crippen LogP contribution in [0.5, 0.6) is 0 Å². The average Bonchev–Trinajstić information content (AvgIpc) is 2.17. The molecule has 0 aliphatic heterocycles. The zero-order valence-corrected chi connectivity index (χ0v) is 9.21. The molecule has 0 radical (unpaired) electrons. The molecule has 1 N–H and O–H groups in total. The third-order valence-corrected chi connectivity index (χ3v) is 2.03. The Hall–Kier alpha value is -1.08. The Morgan fingerprint density at radius 1 is 1.64 bits per heavy atom. The van der Waals surface area contributed by atoms with E-state index in [1.54, 1.807) is 7.05 Å². The molecule has 1 unspecified atom stereocenters. The molecule has 0 spiro atoms. The van der Waals surface area contributed by atoms with Crippen molar-refractivity contribution in [2.45, 2.75) is 19.8 Å². The second-order valence-electron chi connectivity index (χ2n) is 3.57. The largest absolute Gasteiger partial charge is 0.359 e. The highest BCUT2D eigenvalue weighted by atomic mass is 16.1. The van der Waals surface area contributed by atoms with Crippen molar-refractivity contribution in [2.24, 2.45) is 5.92 Å². The van der Waals surface area contributed by atoms with Gasteiger partial charge in [-0.05, 0) is 26.9 Å². The summed E-state index contributed by atoms with van der Waals surface area (Å²) in [5.74, 6) is 0.131. The molecule has 0 saturated carbocycles. The van der Waals surface area contributed by atoms with Gasteiger partial charge < -0.3 is 10.2 Å². The summed E-state index contributed by atoms with van der Waals surface area (Å²) >= 11 is 0. The number of nitrogens with zero attached hydrogens (tertiary/aromatic N) is 2. The van der Waals surface area contributed by atoms with Gasteiger partial charge in [0.1, 0.15) is 0 Å². The predicted octanol–water partition coefficient (Wildman–Crippen LogP) is 0.604. The van der Waals surface area contributed by atoms with Crippen LogP contribution in [-0.4, -0.2) is 38.0 Å². The maximum atomic E-state index is 10.9. The van der Waals surface area contributed by atoms with E-state index in [1.807, 2.05) is 14.0 Å². The first kappa shape index (κ1) is 12.9. The van der Waals surface area contributed by atoms with Crippen molar-refractivity contribution < 1.29 is 4.79 Å². The zero-order valence-electron chi connectivity index (χ0n) is 9.21. The lowest BCUT2D eigenvalue weighted by atomic mass is 10.2. The Morgan fingerprint density at radius 3 is 2.79 bits per heavy atom. The van der Waals surface area contributed by atoms with Crippen LogP contribution in [0.25, 0.3) is 0 Å². The molecule has 0 heterocycles. The van der Waals surface area contributed by atoms with Gasteiger partial charge in [-0.25, -0.2) is 0 Å². The Bertz CT molecular complexity index is 210.